The number of aryl methyl sites for hydroxylation is 1. The predicted molar refractivity (Wildman–Crippen MR) is 166 cm³/mol. The van der Waals surface area contributed by atoms with E-state index < -0.39 is 42.3 Å². The van der Waals surface area contributed by atoms with Crippen LogP contribution in [0.25, 0.3) is 6.08 Å². The van der Waals surface area contributed by atoms with Gasteiger partial charge in [0, 0.05) is 37.7 Å². The van der Waals surface area contributed by atoms with E-state index in [2.05, 4.69) is 4.98 Å². The molecule has 1 aliphatic rings. The van der Waals surface area contributed by atoms with Gasteiger partial charge in [0.2, 0.25) is 0 Å². The summed E-state index contributed by atoms with van der Waals surface area (Å²) in [4.78, 5) is 28.4. The topological polar surface area (TPSA) is 150 Å². The van der Waals surface area contributed by atoms with Crippen molar-refractivity contribution < 1.29 is 39.2 Å². The zero-order chi connectivity index (χ0) is 32.1. The molecule has 1 aromatic rings. The van der Waals surface area contributed by atoms with Crippen molar-refractivity contribution in [1.82, 2.24) is 4.98 Å². The molecule has 1 aliphatic heterocycles. The highest BCUT2D eigenvalue weighted by atomic mass is 16.5. The van der Waals surface area contributed by atoms with Crippen LogP contribution in [0.3, 0.4) is 0 Å². The van der Waals surface area contributed by atoms with Gasteiger partial charge in [-0.25, -0.2) is 9.78 Å². The number of oxazole rings is 1. The second kappa shape index (κ2) is 17.6. The highest BCUT2D eigenvalue weighted by Gasteiger charge is 2.30. The Balaban J connectivity index is 2.26. The molecule has 236 valence electrons. The number of cyclic esters (lactones) is 1. The molecule has 4 N–H and O–H groups in total. The second-order valence-electron chi connectivity index (χ2n) is 11.5. The van der Waals surface area contributed by atoms with Gasteiger partial charge in [-0.3, -0.25) is 4.79 Å². The fourth-order valence-electron chi connectivity index (χ4n) is 4.81. The number of nitrogens with zero attached hydrogens (tertiary/aromatic N) is 1. The van der Waals surface area contributed by atoms with Gasteiger partial charge < -0.3 is 29.6 Å². The Morgan fingerprint density at radius 2 is 1.93 bits per heavy atom. The predicted octanol–water partition coefficient (Wildman–Crippen LogP) is 5.49. The maximum atomic E-state index is 12.8. The Labute approximate surface area is 254 Å². The lowest BCUT2D eigenvalue weighted by Crippen LogP contribution is -2.36. The molecule has 0 aliphatic carbocycles. The van der Waals surface area contributed by atoms with E-state index in [1.807, 2.05) is 38.2 Å². The van der Waals surface area contributed by atoms with Gasteiger partial charge in [0.05, 0.1) is 18.3 Å². The Morgan fingerprint density at radius 1 is 1.21 bits per heavy atom. The summed E-state index contributed by atoms with van der Waals surface area (Å²) < 4.78 is 11.0. The molecule has 0 fully saturated rings. The minimum Gasteiger partial charge on any atom is -0.481 e. The summed E-state index contributed by atoms with van der Waals surface area (Å²) in [5, 5.41) is 42.0. The smallest absolute Gasteiger partial charge is 0.330 e. The van der Waals surface area contributed by atoms with Crippen molar-refractivity contribution in [3.05, 3.63) is 83.2 Å². The third kappa shape index (κ3) is 12.7. The lowest BCUT2D eigenvalue weighted by molar-refractivity contribution is -0.148. The Kier molecular flexibility index (Phi) is 14.6. The number of hydrogen-bond acceptors (Lipinski definition) is 8. The summed E-state index contributed by atoms with van der Waals surface area (Å²) in [5.41, 5.74) is 2.94. The molecular formula is C34H47NO8. The van der Waals surface area contributed by atoms with E-state index >= 15 is 0 Å². The van der Waals surface area contributed by atoms with Crippen LogP contribution < -0.4 is 0 Å². The van der Waals surface area contributed by atoms with E-state index in [0.29, 0.717) is 22.7 Å². The normalized spacial score (nSPS) is 29.4. The van der Waals surface area contributed by atoms with Crippen molar-refractivity contribution in [3.8, 4) is 0 Å². The molecule has 2 rings (SSSR count). The lowest BCUT2D eigenvalue weighted by Gasteiger charge is -2.30. The quantitative estimate of drug-likeness (QED) is 0.225. The number of aliphatic carboxylic acids is 1. The van der Waals surface area contributed by atoms with E-state index in [1.165, 1.54) is 6.08 Å². The van der Waals surface area contributed by atoms with Gasteiger partial charge in [-0.2, -0.15) is 0 Å². The number of carbonyl (C=O) groups excluding carboxylic acids is 1. The molecule has 0 amide bonds. The summed E-state index contributed by atoms with van der Waals surface area (Å²) in [5.74, 6) is -2.20. The Bertz CT molecular complexity index is 1250. The molecule has 0 unspecified atom stereocenters. The number of esters is 1. The van der Waals surface area contributed by atoms with E-state index in [4.69, 9.17) is 9.15 Å². The van der Waals surface area contributed by atoms with Crippen molar-refractivity contribution in [2.45, 2.75) is 91.6 Å². The van der Waals surface area contributed by atoms with Crippen molar-refractivity contribution in [2.24, 2.45) is 17.8 Å². The fourth-order valence-corrected chi connectivity index (χ4v) is 4.81. The molecule has 1 aromatic heterocycles. The van der Waals surface area contributed by atoms with E-state index in [1.54, 1.807) is 58.3 Å². The van der Waals surface area contributed by atoms with Crippen LogP contribution in [0.4, 0.5) is 0 Å². The Hall–Kier alpha value is -3.53. The van der Waals surface area contributed by atoms with Gasteiger partial charge in [0.15, 0.2) is 5.89 Å². The number of carboxylic acids is 1. The largest absolute Gasteiger partial charge is 0.481 e. The number of allylic oxidation sites excluding steroid dienone is 7. The highest BCUT2D eigenvalue weighted by molar-refractivity contribution is 5.82. The first-order valence-corrected chi connectivity index (χ1v) is 14.7. The Morgan fingerprint density at radius 3 is 2.58 bits per heavy atom. The molecule has 9 heteroatoms. The van der Waals surface area contributed by atoms with Crippen LogP contribution in [0.15, 0.2) is 76.0 Å². The molecule has 0 bridgehead atoms. The number of hydrogen-bond donors (Lipinski definition) is 4. The monoisotopic (exact) mass is 597 g/mol. The van der Waals surface area contributed by atoms with Gasteiger partial charge in [0.25, 0.3) is 0 Å². The summed E-state index contributed by atoms with van der Waals surface area (Å²) in [7, 11) is 0. The average molecular weight is 598 g/mol. The molecule has 7 atom stereocenters. The van der Waals surface area contributed by atoms with Gasteiger partial charge in [-0.05, 0) is 62.3 Å². The zero-order valence-corrected chi connectivity index (χ0v) is 26.0. The highest BCUT2D eigenvalue weighted by Crippen LogP contribution is 2.26. The maximum Gasteiger partial charge on any atom is 0.330 e. The van der Waals surface area contributed by atoms with Gasteiger partial charge in [-0.15, -0.1) is 0 Å². The third-order valence-electron chi connectivity index (χ3n) is 7.67. The summed E-state index contributed by atoms with van der Waals surface area (Å²) in [6.45, 7) is 10.8. The average Bonchev–Trinajstić information content (AvgIpc) is 3.34. The van der Waals surface area contributed by atoms with Crippen LogP contribution in [-0.4, -0.2) is 61.8 Å². The number of carbonyl (C=O) groups is 2. The first kappa shape index (κ1) is 35.7. The van der Waals surface area contributed by atoms with Crippen molar-refractivity contribution in [1.29, 1.82) is 0 Å². The molecule has 0 saturated heterocycles. The van der Waals surface area contributed by atoms with Crippen molar-refractivity contribution >= 4 is 18.0 Å². The third-order valence-corrected chi connectivity index (χ3v) is 7.67. The number of ether oxygens (including phenoxy) is 1. The minimum absolute atomic E-state index is 0.0654. The number of aromatic nitrogens is 1. The molecule has 0 radical (unpaired) electrons. The molecular weight excluding hydrogens is 550 g/mol. The van der Waals surface area contributed by atoms with Crippen LogP contribution in [0.2, 0.25) is 0 Å². The number of rotatable bonds is 8. The fraction of sp³-hybridized carbons (Fsp3) is 0.500. The molecule has 43 heavy (non-hydrogen) atoms. The van der Waals surface area contributed by atoms with Crippen LogP contribution in [0.5, 0.6) is 0 Å². The maximum absolute atomic E-state index is 12.8. The number of aliphatic hydroxyl groups excluding tert-OH is 3. The van der Waals surface area contributed by atoms with Gasteiger partial charge in [-0.1, -0.05) is 56.4 Å². The first-order valence-electron chi connectivity index (χ1n) is 14.7. The van der Waals surface area contributed by atoms with Crippen LogP contribution in [0.1, 0.15) is 71.9 Å². The zero-order valence-electron chi connectivity index (χ0n) is 26.0. The van der Waals surface area contributed by atoms with Gasteiger partial charge >= 0.3 is 11.9 Å². The molecule has 2 heterocycles. The first-order chi connectivity index (χ1) is 20.3. The lowest BCUT2D eigenvalue weighted by atomic mass is 9.88. The molecule has 9 nitrogen and oxygen atoms in total. The van der Waals surface area contributed by atoms with Crippen LogP contribution in [0, 0.1) is 24.7 Å². The molecule has 0 saturated carbocycles. The van der Waals surface area contributed by atoms with E-state index in [9.17, 15) is 30.0 Å². The second-order valence-corrected chi connectivity index (χ2v) is 11.5. The summed E-state index contributed by atoms with van der Waals surface area (Å²) >= 11 is 0. The van der Waals surface area contributed by atoms with Gasteiger partial charge in [0.1, 0.15) is 18.1 Å². The summed E-state index contributed by atoms with van der Waals surface area (Å²) in [6, 6.07) is 0. The van der Waals surface area contributed by atoms with Crippen molar-refractivity contribution in [2.75, 3.05) is 0 Å². The van der Waals surface area contributed by atoms with Crippen LogP contribution in [-0.2, 0) is 14.3 Å². The number of aliphatic hydroxyl groups is 3. The number of carboxylic acid groups (broad SMARTS) is 1. The van der Waals surface area contributed by atoms with Crippen molar-refractivity contribution in [3.63, 3.8) is 0 Å². The molecule has 0 spiro atoms. The van der Waals surface area contributed by atoms with Crippen LogP contribution >= 0.6 is 0 Å². The van der Waals surface area contributed by atoms with E-state index in [-0.39, 0.29) is 37.5 Å². The standard InChI is InChI=1S/C34H47NO8/c1-21(16-28-20-42-26(6)35-28)10-7-13-24(4)34(41)25(5)31-19-30(37)23(3)12-8-11-22(2)29(36)17-27(18-32(38)39)14-9-15-33(40)43-31/h7-13,15-16,20,22,25,27,29-31,34,36-37,41H,14,17-19H2,1-6H3,(H,38,39)/b10-7+,11-8-,15-9-,21-16+,23-12-,24-13+/t22-,25+,27-,29-,30+,31+,34+/m1/s1. The minimum atomic E-state index is -0.976. The van der Waals surface area contributed by atoms with E-state index in [0.717, 1.165) is 5.57 Å². The molecule has 0 aromatic carbocycles. The summed E-state index contributed by atoms with van der Waals surface area (Å²) in [6.07, 6.45) is 14.0. The SMILES string of the molecule is C/C1=C/C=C\[C@@H](C)[C@H](O)C[C@H](CC(=O)O)C/C=C\C(=O)O[C@H]([C@H](C)[C@@H](O)/C(C)=C/C=C/C(C)=C/c2coc(C)n2)C[C@@H]1O.